The Labute approximate surface area is 186 Å². The van der Waals surface area contributed by atoms with Gasteiger partial charge in [-0.05, 0) is 20.8 Å². The van der Waals surface area contributed by atoms with E-state index in [0.717, 1.165) is 22.3 Å². The van der Waals surface area contributed by atoms with E-state index < -0.39 is 4.92 Å². The Hall–Kier alpha value is -3.12. The summed E-state index contributed by atoms with van der Waals surface area (Å²) in [7, 11) is 1.71. The molecule has 2 heterocycles. The number of anilines is 1. The number of nitrogens with zero attached hydrogens (tertiary/aromatic N) is 5. The third-order valence-corrected chi connectivity index (χ3v) is 6.59. The van der Waals surface area contributed by atoms with Crippen molar-refractivity contribution in [3.05, 3.63) is 55.8 Å². The lowest BCUT2D eigenvalue weighted by atomic mass is 10.1. The average Bonchev–Trinajstić information content (AvgIpc) is 3.21. The number of amides is 1. The molecule has 31 heavy (non-hydrogen) atoms. The molecule has 0 aliphatic rings. The van der Waals surface area contributed by atoms with E-state index in [1.165, 1.54) is 17.4 Å². The molecule has 0 unspecified atom stereocenters. The molecular weight excluding hydrogens is 440 g/mol. The zero-order chi connectivity index (χ0) is 22.7. The fourth-order valence-corrected chi connectivity index (χ4v) is 4.31. The van der Waals surface area contributed by atoms with Crippen LogP contribution >= 0.6 is 23.1 Å². The topological polar surface area (TPSA) is 133 Å². The lowest BCUT2D eigenvalue weighted by Gasteiger charge is -2.05. The molecule has 0 fully saturated rings. The minimum absolute atomic E-state index is 0.0137. The number of benzene rings is 1. The van der Waals surface area contributed by atoms with Gasteiger partial charge in [-0.25, -0.2) is 4.98 Å². The van der Waals surface area contributed by atoms with Crippen LogP contribution in [0.3, 0.4) is 0 Å². The number of thioether (sulfide) groups is 1. The van der Waals surface area contributed by atoms with Crippen molar-refractivity contribution >= 4 is 45.6 Å². The van der Waals surface area contributed by atoms with Gasteiger partial charge in [-0.3, -0.25) is 19.7 Å². The average molecular weight is 461 g/mol. The molecule has 1 N–H and O–H groups in total. The molecule has 162 valence electrons. The Bertz CT molecular complexity index is 1150. The van der Waals surface area contributed by atoms with Crippen LogP contribution in [0.15, 0.2) is 23.4 Å². The second-order valence-corrected chi connectivity index (χ2v) is 8.96. The predicted molar refractivity (Wildman–Crippen MR) is 118 cm³/mol. The third-order valence-electron chi connectivity index (χ3n) is 4.58. The van der Waals surface area contributed by atoms with Crippen molar-refractivity contribution in [1.82, 2.24) is 19.7 Å². The number of rotatable bonds is 8. The normalized spacial score (nSPS) is 10.8. The zero-order valence-corrected chi connectivity index (χ0v) is 19.0. The Morgan fingerprint density at radius 2 is 2.00 bits per heavy atom. The van der Waals surface area contributed by atoms with E-state index in [9.17, 15) is 19.7 Å². The van der Waals surface area contributed by atoms with Gasteiger partial charge < -0.3 is 9.88 Å². The molecule has 2 aromatic heterocycles. The fourth-order valence-electron chi connectivity index (χ4n) is 2.65. The summed E-state index contributed by atoms with van der Waals surface area (Å²) in [5.74, 6) is -0.0343. The maximum atomic E-state index is 12.5. The largest absolute Gasteiger partial charge is 0.309 e. The SMILES string of the molecule is Cc1ccc(C(=O)CSc2nnc(CC(=O)Nc3nc(C)c(C)s3)n2C)cc1[N+](=O)[O-]. The van der Waals surface area contributed by atoms with Crippen LogP contribution in [0.2, 0.25) is 0 Å². The van der Waals surface area contributed by atoms with Gasteiger partial charge in [0.05, 0.1) is 22.8 Å². The Morgan fingerprint density at radius 3 is 2.65 bits per heavy atom. The number of hydrogen-bond acceptors (Lipinski definition) is 9. The highest BCUT2D eigenvalue weighted by atomic mass is 32.2. The van der Waals surface area contributed by atoms with E-state index in [1.807, 2.05) is 13.8 Å². The zero-order valence-electron chi connectivity index (χ0n) is 17.3. The molecule has 3 rings (SSSR count). The molecule has 0 bridgehead atoms. The first kappa shape index (κ1) is 22.6. The van der Waals surface area contributed by atoms with Crippen molar-refractivity contribution in [2.24, 2.45) is 7.05 Å². The highest BCUT2D eigenvalue weighted by Crippen LogP contribution is 2.23. The molecule has 0 aliphatic carbocycles. The summed E-state index contributed by atoms with van der Waals surface area (Å²) in [5.41, 5.74) is 1.55. The van der Waals surface area contributed by atoms with Crippen LogP contribution < -0.4 is 5.32 Å². The molecule has 0 saturated carbocycles. The van der Waals surface area contributed by atoms with Crippen LogP contribution in [0, 0.1) is 30.9 Å². The highest BCUT2D eigenvalue weighted by molar-refractivity contribution is 7.99. The summed E-state index contributed by atoms with van der Waals surface area (Å²) < 4.78 is 1.65. The summed E-state index contributed by atoms with van der Waals surface area (Å²) in [4.78, 5) is 40.6. The predicted octanol–water partition coefficient (Wildman–Crippen LogP) is 3.26. The van der Waals surface area contributed by atoms with Gasteiger partial charge >= 0.3 is 0 Å². The number of aromatic nitrogens is 4. The van der Waals surface area contributed by atoms with Crippen molar-refractivity contribution < 1.29 is 14.5 Å². The van der Waals surface area contributed by atoms with Crippen LogP contribution in [-0.2, 0) is 18.3 Å². The molecule has 10 nitrogen and oxygen atoms in total. The summed E-state index contributed by atoms with van der Waals surface area (Å²) in [5, 5.41) is 22.9. The number of hydrogen-bond donors (Lipinski definition) is 1. The first-order valence-corrected chi connectivity index (χ1v) is 11.0. The lowest BCUT2D eigenvalue weighted by molar-refractivity contribution is -0.385. The number of aryl methyl sites for hydroxylation is 3. The minimum Gasteiger partial charge on any atom is -0.309 e. The molecule has 12 heteroatoms. The van der Waals surface area contributed by atoms with Gasteiger partial charge in [0, 0.05) is 29.1 Å². The third kappa shape index (κ3) is 5.33. The number of carbonyl (C=O) groups is 2. The van der Waals surface area contributed by atoms with Crippen molar-refractivity contribution in [2.75, 3.05) is 11.1 Å². The van der Waals surface area contributed by atoms with Crippen molar-refractivity contribution in [2.45, 2.75) is 32.3 Å². The Balaban J connectivity index is 1.61. The number of ketones is 1. The quantitative estimate of drug-likeness (QED) is 0.234. The van der Waals surface area contributed by atoms with Crippen LogP contribution in [0.5, 0.6) is 0 Å². The molecular formula is C19H20N6O4S2. The van der Waals surface area contributed by atoms with E-state index in [1.54, 1.807) is 30.7 Å². The van der Waals surface area contributed by atoms with Gasteiger partial charge in [0.25, 0.3) is 5.69 Å². The van der Waals surface area contributed by atoms with Gasteiger partial charge in [-0.15, -0.1) is 21.5 Å². The van der Waals surface area contributed by atoms with Crippen LogP contribution in [0.25, 0.3) is 0 Å². The second kappa shape index (κ2) is 9.35. The first-order valence-electron chi connectivity index (χ1n) is 9.19. The molecule has 0 saturated heterocycles. The van der Waals surface area contributed by atoms with Crippen molar-refractivity contribution in [1.29, 1.82) is 0 Å². The first-order chi connectivity index (χ1) is 14.7. The molecule has 1 amide bonds. The summed E-state index contributed by atoms with van der Waals surface area (Å²) >= 11 is 2.56. The molecule has 1 aromatic carbocycles. The van der Waals surface area contributed by atoms with Crippen LogP contribution in [0.1, 0.15) is 32.3 Å². The van der Waals surface area contributed by atoms with Gasteiger partial charge in [0.2, 0.25) is 5.91 Å². The summed E-state index contributed by atoms with van der Waals surface area (Å²) in [6.07, 6.45) is 0.0137. The number of thiazole rings is 1. The van der Waals surface area contributed by atoms with Gasteiger partial charge in [0.1, 0.15) is 5.82 Å². The standard InChI is InChI=1S/C19H20N6O4S2/c1-10-5-6-13(7-14(10)25(28)29)15(26)9-30-19-23-22-16(24(19)4)8-17(27)21-18-20-11(2)12(3)31-18/h5-7H,8-9H2,1-4H3,(H,20,21,27). The molecule has 0 aliphatic heterocycles. The van der Waals surface area contributed by atoms with E-state index >= 15 is 0 Å². The van der Waals surface area contributed by atoms with Crippen LogP contribution in [0.4, 0.5) is 10.8 Å². The molecule has 0 spiro atoms. The van der Waals surface area contributed by atoms with Gasteiger partial charge in [-0.2, -0.15) is 0 Å². The maximum absolute atomic E-state index is 12.5. The van der Waals surface area contributed by atoms with Gasteiger partial charge in [-0.1, -0.05) is 23.9 Å². The van der Waals surface area contributed by atoms with Crippen LogP contribution in [-0.4, -0.2) is 42.1 Å². The number of nitro groups is 1. The number of nitro benzene ring substituents is 1. The second-order valence-electron chi connectivity index (χ2n) is 6.81. The van der Waals surface area contributed by atoms with E-state index in [2.05, 4.69) is 20.5 Å². The van der Waals surface area contributed by atoms with E-state index in [0.29, 0.717) is 21.7 Å². The maximum Gasteiger partial charge on any atom is 0.273 e. The number of Topliss-reactive ketones (excluding diaryl/α,β-unsaturated/α-hetero) is 1. The summed E-state index contributed by atoms with van der Waals surface area (Å²) in [6.45, 7) is 5.43. The summed E-state index contributed by atoms with van der Waals surface area (Å²) in [6, 6.07) is 4.41. The number of nitrogens with one attached hydrogen (secondary N) is 1. The minimum atomic E-state index is -0.506. The van der Waals surface area contributed by atoms with E-state index in [-0.39, 0.29) is 35.1 Å². The smallest absolute Gasteiger partial charge is 0.273 e. The Kier molecular flexibility index (Phi) is 6.81. The molecule has 0 atom stereocenters. The monoisotopic (exact) mass is 460 g/mol. The highest BCUT2D eigenvalue weighted by Gasteiger charge is 2.18. The van der Waals surface area contributed by atoms with Gasteiger partial charge in [0.15, 0.2) is 16.1 Å². The van der Waals surface area contributed by atoms with E-state index in [4.69, 9.17) is 0 Å². The number of carbonyl (C=O) groups excluding carboxylic acids is 2. The fraction of sp³-hybridized carbons (Fsp3) is 0.316. The molecule has 3 aromatic rings. The van der Waals surface area contributed by atoms with Crippen molar-refractivity contribution in [3.63, 3.8) is 0 Å². The molecule has 0 radical (unpaired) electrons. The lowest BCUT2D eigenvalue weighted by Crippen LogP contribution is -2.17. The van der Waals surface area contributed by atoms with Crippen molar-refractivity contribution in [3.8, 4) is 0 Å². The Morgan fingerprint density at radius 1 is 1.26 bits per heavy atom.